The maximum absolute atomic E-state index is 15.0. The maximum Gasteiger partial charge on any atom is 0.573 e. The van der Waals surface area contributed by atoms with E-state index in [1.807, 2.05) is 30.3 Å². The molecule has 1 nitrogen and oxygen atoms in total. The third-order valence-corrected chi connectivity index (χ3v) is 5.53. The zero-order valence-corrected chi connectivity index (χ0v) is 17.8. The molecule has 0 aliphatic heterocycles. The first-order chi connectivity index (χ1) is 15.7. The van der Waals surface area contributed by atoms with E-state index in [9.17, 15) is 22.0 Å². The fourth-order valence-electron chi connectivity index (χ4n) is 3.82. The number of alkyl halides is 3. The van der Waals surface area contributed by atoms with Crippen LogP contribution in [0.25, 0.3) is 33.0 Å². The van der Waals surface area contributed by atoms with Crippen molar-refractivity contribution < 1.29 is 26.7 Å². The van der Waals surface area contributed by atoms with Crippen LogP contribution in [0, 0.1) is 11.6 Å². The number of unbranched alkanes of at least 4 members (excludes halogenated alkanes) is 1. The van der Waals surface area contributed by atoms with Gasteiger partial charge in [0, 0.05) is 10.9 Å². The Kier molecular flexibility index (Phi) is 6.36. The average molecular weight is 456 g/mol. The highest BCUT2D eigenvalue weighted by Crippen LogP contribution is 2.34. The number of rotatable bonds is 6. The van der Waals surface area contributed by atoms with E-state index in [1.165, 1.54) is 35.9 Å². The van der Waals surface area contributed by atoms with Crippen LogP contribution in [0.1, 0.15) is 25.3 Å². The Morgan fingerprint density at radius 2 is 1.45 bits per heavy atom. The smallest absolute Gasteiger partial charge is 0.403 e. The van der Waals surface area contributed by atoms with Crippen molar-refractivity contribution in [3.05, 3.63) is 90.0 Å². The quantitative estimate of drug-likeness (QED) is 0.264. The lowest BCUT2D eigenvalue weighted by molar-refractivity contribution is -0.275. The molecule has 0 heterocycles. The van der Waals surface area contributed by atoms with Crippen LogP contribution < -0.4 is 4.74 Å². The minimum absolute atomic E-state index is 0.0410. The van der Waals surface area contributed by atoms with Crippen LogP contribution in [0.15, 0.2) is 72.8 Å². The van der Waals surface area contributed by atoms with E-state index < -0.39 is 23.7 Å². The Balaban J connectivity index is 1.62. The molecule has 0 saturated heterocycles. The number of ether oxygens (including phenoxy) is 1. The van der Waals surface area contributed by atoms with E-state index in [0.29, 0.717) is 16.5 Å². The molecule has 0 fully saturated rings. The molecule has 0 saturated carbocycles. The number of hydrogen-bond donors (Lipinski definition) is 0. The molecule has 0 aliphatic rings. The van der Waals surface area contributed by atoms with Gasteiger partial charge in [-0.2, -0.15) is 0 Å². The number of fused-ring (bicyclic) bond motifs is 1. The van der Waals surface area contributed by atoms with Gasteiger partial charge in [-0.3, -0.25) is 0 Å². The molecule has 33 heavy (non-hydrogen) atoms. The van der Waals surface area contributed by atoms with Crippen LogP contribution in [-0.2, 0) is 6.42 Å². The third kappa shape index (κ3) is 5.16. The van der Waals surface area contributed by atoms with Crippen molar-refractivity contribution in [2.75, 3.05) is 0 Å². The van der Waals surface area contributed by atoms with Gasteiger partial charge in [-0.05, 0) is 58.7 Å². The summed E-state index contributed by atoms with van der Waals surface area (Å²) in [4.78, 5) is 0. The second-order valence-electron chi connectivity index (χ2n) is 7.86. The fourth-order valence-corrected chi connectivity index (χ4v) is 3.82. The molecule has 0 aromatic heterocycles. The van der Waals surface area contributed by atoms with E-state index in [0.717, 1.165) is 36.5 Å². The summed E-state index contributed by atoms with van der Waals surface area (Å²) in [6.45, 7) is 2.14. The first-order valence-electron chi connectivity index (χ1n) is 10.6. The summed E-state index contributed by atoms with van der Waals surface area (Å²) in [5.74, 6) is -2.46. The van der Waals surface area contributed by atoms with Crippen molar-refractivity contribution in [2.24, 2.45) is 0 Å². The van der Waals surface area contributed by atoms with E-state index >= 15 is 0 Å². The number of benzene rings is 4. The molecule has 0 bridgehead atoms. The molecule has 0 amide bonds. The molecule has 0 atom stereocenters. The summed E-state index contributed by atoms with van der Waals surface area (Å²) < 4.78 is 70.5. The van der Waals surface area contributed by atoms with Gasteiger partial charge in [-0.1, -0.05) is 67.9 Å². The van der Waals surface area contributed by atoms with E-state index in [2.05, 4.69) is 11.7 Å². The second-order valence-corrected chi connectivity index (χ2v) is 7.86. The number of aryl methyl sites for hydroxylation is 1. The first kappa shape index (κ1) is 22.8. The topological polar surface area (TPSA) is 9.23 Å². The second kappa shape index (κ2) is 9.22. The summed E-state index contributed by atoms with van der Waals surface area (Å²) in [7, 11) is 0. The van der Waals surface area contributed by atoms with Gasteiger partial charge < -0.3 is 4.74 Å². The van der Waals surface area contributed by atoms with Gasteiger partial charge in [0.25, 0.3) is 0 Å². The fraction of sp³-hybridized carbons (Fsp3) is 0.185. The SMILES string of the molecule is CCCCc1ccc(-c2ccc(-c3ccc4c(F)c(OC(F)(F)F)ccc4c3)c(F)c2)cc1. The van der Waals surface area contributed by atoms with Gasteiger partial charge >= 0.3 is 6.36 Å². The van der Waals surface area contributed by atoms with Crippen molar-refractivity contribution in [3.8, 4) is 28.0 Å². The summed E-state index contributed by atoms with van der Waals surface area (Å²) in [6, 6.07) is 19.5. The lowest BCUT2D eigenvalue weighted by Gasteiger charge is -2.12. The Hall–Kier alpha value is -3.41. The average Bonchev–Trinajstić information content (AvgIpc) is 2.79. The number of halogens is 5. The zero-order valence-electron chi connectivity index (χ0n) is 17.8. The molecule has 4 aromatic carbocycles. The van der Waals surface area contributed by atoms with Gasteiger partial charge in [0.1, 0.15) is 5.82 Å². The molecule has 4 rings (SSSR count). The largest absolute Gasteiger partial charge is 0.573 e. The van der Waals surface area contributed by atoms with Crippen molar-refractivity contribution in [1.29, 1.82) is 0 Å². The van der Waals surface area contributed by atoms with Crippen LogP contribution >= 0.6 is 0 Å². The van der Waals surface area contributed by atoms with Gasteiger partial charge in [-0.15, -0.1) is 13.2 Å². The Morgan fingerprint density at radius 1 is 0.758 bits per heavy atom. The van der Waals surface area contributed by atoms with Crippen molar-refractivity contribution >= 4 is 10.8 Å². The molecule has 4 aromatic rings. The van der Waals surface area contributed by atoms with Crippen LogP contribution in [0.3, 0.4) is 0 Å². The lowest BCUT2D eigenvalue weighted by atomic mass is 9.96. The van der Waals surface area contributed by atoms with Crippen LogP contribution in [0.5, 0.6) is 5.75 Å². The molecule has 0 spiro atoms. The zero-order chi connectivity index (χ0) is 23.6. The van der Waals surface area contributed by atoms with Gasteiger partial charge in [0.15, 0.2) is 11.6 Å². The Bertz CT molecular complexity index is 1280. The highest BCUT2D eigenvalue weighted by Gasteiger charge is 2.32. The minimum Gasteiger partial charge on any atom is -0.403 e. The highest BCUT2D eigenvalue weighted by molar-refractivity contribution is 5.89. The van der Waals surface area contributed by atoms with Crippen molar-refractivity contribution in [1.82, 2.24) is 0 Å². The van der Waals surface area contributed by atoms with Crippen LogP contribution in [0.2, 0.25) is 0 Å². The monoisotopic (exact) mass is 456 g/mol. The number of hydrogen-bond acceptors (Lipinski definition) is 1. The maximum atomic E-state index is 15.0. The molecule has 170 valence electrons. The van der Waals surface area contributed by atoms with E-state index in [1.54, 1.807) is 6.07 Å². The molecular weight excluding hydrogens is 435 g/mol. The summed E-state index contributed by atoms with van der Waals surface area (Å²) in [6.07, 6.45) is -1.74. The molecule has 0 unspecified atom stereocenters. The molecular formula is C27H21F5O. The summed E-state index contributed by atoms with van der Waals surface area (Å²) in [5.41, 5.74) is 3.68. The highest BCUT2D eigenvalue weighted by atomic mass is 19.4. The van der Waals surface area contributed by atoms with Gasteiger partial charge in [0.05, 0.1) is 0 Å². The van der Waals surface area contributed by atoms with Crippen molar-refractivity contribution in [2.45, 2.75) is 32.5 Å². The Morgan fingerprint density at radius 3 is 2.12 bits per heavy atom. The molecule has 6 heteroatoms. The van der Waals surface area contributed by atoms with E-state index in [4.69, 9.17) is 0 Å². The Labute approximate surface area is 188 Å². The van der Waals surface area contributed by atoms with E-state index in [-0.39, 0.29) is 5.39 Å². The lowest BCUT2D eigenvalue weighted by Crippen LogP contribution is -2.17. The predicted molar refractivity (Wildman–Crippen MR) is 120 cm³/mol. The van der Waals surface area contributed by atoms with Gasteiger partial charge in [0.2, 0.25) is 0 Å². The normalized spacial score (nSPS) is 11.7. The van der Waals surface area contributed by atoms with Crippen molar-refractivity contribution in [3.63, 3.8) is 0 Å². The predicted octanol–water partition coefficient (Wildman–Crippen LogP) is 8.69. The third-order valence-electron chi connectivity index (χ3n) is 5.53. The first-order valence-corrected chi connectivity index (χ1v) is 10.6. The molecule has 0 N–H and O–H groups in total. The standard InChI is InChI=1S/C27H21F5O/c1-2-3-4-17-5-7-18(8-6-17)19-9-12-22(24(28)16-19)20-10-13-23-21(15-20)11-14-25(26(23)29)33-27(30,31)32/h5-16H,2-4H2,1H3. The molecule has 0 radical (unpaired) electrons. The van der Waals surface area contributed by atoms with Gasteiger partial charge in [-0.25, -0.2) is 8.78 Å². The minimum atomic E-state index is -4.99. The summed E-state index contributed by atoms with van der Waals surface area (Å²) >= 11 is 0. The summed E-state index contributed by atoms with van der Waals surface area (Å²) in [5, 5.41) is 0.298. The molecule has 0 aliphatic carbocycles. The van der Waals surface area contributed by atoms with Crippen LogP contribution in [0.4, 0.5) is 22.0 Å². The van der Waals surface area contributed by atoms with Crippen LogP contribution in [-0.4, -0.2) is 6.36 Å².